The number of rotatable bonds is 4. The first-order chi connectivity index (χ1) is 11.1. The van der Waals surface area contributed by atoms with Crippen molar-refractivity contribution < 1.29 is 9.90 Å². The molecule has 116 valence electrons. The van der Waals surface area contributed by atoms with Gasteiger partial charge in [-0.05, 0) is 30.3 Å². The molecule has 1 amide bonds. The van der Waals surface area contributed by atoms with E-state index in [1.54, 1.807) is 42.7 Å². The van der Waals surface area contributed by atoms with Gasteiger partial charge in [0, 0.05) is 34.9 Å². The van der Waals surface area contributed by atoms with E-state index in [9.17, 15) is 9.90 Å². The number of aromatic nitrogens is 4. The Morgan fingerprint density at radius 2 is 2.09 bits per heavy atom. The fourth-order valence-electron chi connectivity index (χ4n) is 1.92. The fourth-order valence-corrected chi connectivity index (χ4v) is 2.05. The first-order valence-corrected chi connectivity index (χ1v) is 7.10. The van der Waals surface area contributed by atoms with Crippen LogP contribution in [0.4, 0.5) is 5.69 Å². The number of anilines is 1. The fraction of sp³-hybridized carbons (Fsp3) is 0.0667. The number of halogens is 1. The van der Waals surface area contributed by atoms with E-state index in [0.717, 1.165) is 0 Å². The maximum absolute atomic E-state index is 12.0. The Labute approximate surface area is 136 Å². The average Bonchev–Trinajstić information content (AvgIpc) is 3.06. The molecule has 0 saturated carbocycles. The van der Waals surface area contributed by atoms with Crippen molar-refractivity contribution in [1.82, 2.24) is 19.7 Å². The van der Waals surface area contributed by atoms with Crippen molar-refractivity contribution in [2.45, 2.75) is 6.42 Å². The number of amides is 1. The summed E-state index contributed by atoms with van der Waals surface area (Å²) in [6, 6.07) is 8.45. The summed E-state index contributed by atoms with van der Waals surface area (Å²) in [5, 5.41) is 17.2. The van der Waals surface area contributed by atoms with Gasteiger partial charge >= 0.3 is 0 Å². The molecule has 0 bridgehead atoms. The van der Waals surface area contributed by atoms with Crippen molar-refractivity contribution in [3.05, 3.63) is 59.5 Å². The lowest BCUT2D eigenvalue weighted by atomic mass is 10.2. The number of benzene rings is 1. The minimum Gasteiger partial charge on any atom is -0.493 e. The van der Waals surface area contributed by atoms with Crippen molar-refractivity contribution in [2.24, 2.45) is 0 Å². The van der Waals surface area contributed by atoms with Crippen LogP contribution < -0.4 is 5.32 Å². The summed E-state index contributed by atoms with van der Waals surface area (Å²) in [5.74, 6) is -0.316. The van der Waals surface area contributed by atoms with Crippen LogP contribution in [0.15, 0.2) is 48.9 Å². The van der Waals surface area contributed by atoms with Crippen LogP contribution in [0.1, 0.15) is 5.56 Å². The summed E-state index contributed by atoms with van der Waals surface area (Å²) in [6.45, 7) is 0. The van der Waals surface area contributed by atoms with E-state index in [2.05, 4.69) is 20.4 Å². The average molecular weight is 330 g/mol. The van der Waals surface area contributed by atoms with Crippen LogP contribution in [0.3, 0.4) is 0 Å². The molecule has 2 heterocycles. The third kappa shape index (κ3) is 3.64. The number of hydrogen-bond acceptors (Lipinski definition) is 5. The zero-order chi connectivity index (χ0) is 16.2. The Morgan fingerprint density at radius 3 is 2.74 bits per heavy atom. The van der Waals surface area contributed by atoms with Gasteiger partial charge in [-0.15, -0.1) is 0 Å². The van der Waals surface area contributed by atoms with E-state index in [1.807, 2.05) is 0 Å². The molecule has 2 N–H and O–H groups in total. The summed E-state index contributed by atoms with van der Waals surface area (Å²) >= 11 is 5.79. The van der Waals surface area contributed by atoms with Crippen LogP contribution in [0.2, 0.25) is 5.02 Å². The standard InChI is InChI=1S/C15H12ClN5O2/c16-11-2-4-12(5-3-11)19-13(22)8-10-9-17-15(20-14(10)23)21-7-1-6-18-21/h1-7,9H,8H2,(H,19,22)(H,17,20,23). The molecule has 3 rings (SSSR count). The molecule has 0 fully saturated rings. The lowest BCUT2D eigenvalue weighted by Gasteiger charge is -2.07. The Bertz CT molecular complexity index is 818. The molecular formula is C15H12ClN5O2. The molecule has 0 atom stereocenters. The number of aromatic hydroxyl groups is 1. The van der Waals surface area contributed by atoms with Gasteiger partial charge in [0.05, 0.1) is 6.42 Å². The molecule has 0 radical (unpaired) electrons. The van der Waals surface area contributed by atoms with Gasteiger partial charge in [0.25, 0.3) is 5.95 Å². The summed E-state index contributed by atoms with van der Waals surface area (Å²) < 4.78 is 1.41. The van der Waals surface area contributed by atoms with E-state index in [4.69, 9.17) is 11.6 Å². The zero-order valence-corrected chi connectivity index (χ0v) is 12.6. The van der Waals surface area contributed by atoms with Gasteiger partial charge in [-0.1, -0.05) is 11.6 Å². The van der Waals surface area contributed by atoms with Crippen molar-refractivity contribution in [3.8, 4) is 11.8 Å². The molecule has 1 aromatic carbocycles. The molecule has 0 unspecified atom stereocenters. The van der Waals surface area contributed by atoms with Crippen LogP contribution in [-0.2, 0) is 11.2 Å². The summed E-state index contributed by atoms with van der Waals surface area (Å²) in [6.07, 6.45) is 4.59. The van der Waals surface area contributed by atoms with Crippen LogP contribution in [0, 0.1) is 0 Å². The minimum atomic E-state index is -0.293. The van der Waals surface area contributed by atoms with E-state index in [-0.39, 0.29) is 24.2 Å². The molecular weight excluding hydrogens is 318 g/mol. The van der Waals surface area contributed by atoms with Gasteiger partial charge in [0.2, 0.25) is 11.8 Å². The van der Waals surface area contributed by atoms with Crippen molar-refractivity contribution in [1.29, 1.82) is 0 Å². The Kier molecular flexibility index (Phi) is 4.20. The second-order valence-electron chi connectivity index (χ2n) is 4.70. The Morgan fingerprint density at radius 1 is 1.30 bits per heavy atom. The number of carbonyl (C=O) groups is 1. The van der Waals surface area contributed by atoms with Crippen LogP contribution in [0.25, 0.3) is 5.95 Å². The molecule has 8 heteroatoms. The maximum Gasteiger partial charge on any atom is 0.253 e. The maximum atomic E-state index is 12.0. The first-order valence-electron chi connectivity index (χ1n) is 6.72. The van der Waals surface area contributed by atoms with Gasteiger partial charge in [0.15, 0.2) is 0 Å². The number of nitrogens with zero attached hydrogens (tertiary/aromatic N) is 4. The van der Waals surface area contributed by atoms with Gasteiger partial charge in [-0.2, -0.15) is 10.1 Å². The summed E-state index contributed by atoms with van der Waals surface area (Å²) in [5.41, 5.74) is 0.945. The molecule has 23 heavy (non-hydrogen) atoms. The van der Waals surface area contributed by atoms with Crippen LogP contribution >= 0.6 is 11.6 Å². The van der Waals surface area contributed by atoms with E-state index in [0.29, 0.717) is 16.3 Å². The molecule has 7 nitrogen and oxygen atoms in total. The van der Waals surface area contributed by atoms with Gasteiger partial charge in [-0.25, -0.2) is 9.67 Å². The highest BCUT2D eigenvalue weighted by molar-refractivity contribution is 6.30. The lowest BCUT2D eigenvalue weighted by molar-refractivity contribution is -0.115. The second-order valence-corrected chi connectivity index (χ2v) is 5.14. The van der Waals surface area contributed by atoms with Gasteiger partial charge < -0.3 is 10.4 Å². The highest BCUT2D eigenvalue weighted by Gasteiger charge is 2.12. The quantitative estimate of drug-likeness (QED) is 0.765. The summed E-state index contributed by atoms with van der Waals surface area (Å²) in [4.78, 5) is 20.0. The molecule has 0 aliphatic heterocycles. The third-order valence-corrected chi connectivity index (χ3v) is 3.27. The van der Waals surface area contributed by atoms with Crippen molar-refractivity contribution in [2.75, 3.05) is 5.32 Å². The third-order valence-electron chi connectivity index (χ3n) is 3.02. The molecule has 0 spiro atoms. The number of nitrogens with one attached hydrogen (secondary N) is 1. The molecule has 3 aromatic rings. The van der Waals surface area contributed by atoms with E-state index >= 15 is 0 Å². The predicted octanol–water partition coefficient (Wildman–Crippen LogP) is 2.20. The smallest absolute Gasteiger partial charge is 0.253 e. The predicted molar refractivity (Wildman–Crippen MR) is 84.6 cm³/mol. The number of carbonyl (C=O) groups excluding carboxylic acids is 1. The molecule has 0 saturated heterocycles. The SMILES string of the molecule is O=C(Cc1cnc(-n2cccn2)nc1O)Nc1ccc(Cl)cc1. The topological polar surface area (TPSA) is 92.9 Å². The summed E-state index contributed by atoms with van der Waals surface area (Å²) in [7, 11) is 0. The Hall–Kier alpha value is -2.93. The number of hydrogen-bond donors (Lipinski definition) is 2. The van der Waals surface area contributed by atoms with Crippen LogP contribution in [-0.4, -0.2) is 30.8 Å². The van der Waals surface area contributed by atoms with Crippen LogP contribution in [0.5, 0.6) is 5.88 Å². The van der Waals surface area contributed by atoms with Gasteiger partial charge in [0.1, 0.15) is 0 Å². The normalized spacial score (nSPS) is 10.5. The van der Waals surface area contributed by atoms with Gasteiger partial charge in [-0.3, -0.25) is 4.79 Å². The lowest BCUT2D eigenvalue weighted by Crippen LogP contribution is -2.15. The zero-order valence-electron chi connectivity index (χ0n) is 11.8. The highest BCUT2D eigenvalue weighted by atomic mass is 35.5. The van der Waals surface area contributed by atoms with E-state index < -0.39 is 0 Å². The van der Waals surface area contributed by atoms with Crippen molar-refractivity contribution >= 4 is 23.2 Å². The van der Waals surface area contributed by atoms with Crippen molar-refractivity contribution in [3.63, 3.8) is 0 Å². The Balaban J connectivity index is 1.70. The second kappa shape index (κ2) is 6.45. The largest absolute Gasteiger partial charge is 0.493 e. The van der Waals surface area contributed by atoms with E-state index in [1.165, 1.54) is 10.9 Å². The molecule has 0 aliphatic carbocycles. The minimum absolute atomic E-state index is 0.0478. The molecule has 2 aromatic heterocycles. The monoisotopic (exact) mass is 329 g/mol. The molecule has 0 aliphatic rings. The first kappa shape index (κ1) is 15.0. The highest BCUT2D eigenvalue weighted by Crippen LogP contribution is 2.17.